The minimum absolute atomic E-state index is 0.00425. The van der Waals surface area contributed by atoms with Crippen LogP contribution >= 0.6 is 0 Å². The summed E-state index contributed by atoms with van der Waals surface area (Å²) in [6.07, 6.45) is 7.51. The van der Waals surface area contributed by atoms with Gasteiger partial charge in [0.05, 0.1) is 24.1 Å². The van der Waals surface area contributed by atoms with Crippen molar-refractivity contribution in [1.29, 1.82) is 0 Å². The van der Waals surface area contributed by atoms with Gasteiger partial charge in [-0.3, -0.25) is 9.59 Å². The quantitative estimate of drug-likeness (QED) is 0.707. The van der Waals surface area contributed by atoms with Crippen molar-refractivity contribution in [1.82, 2.24) is 14.8 Å². The van der Waals surface area contributed by atoms with Gasteiger partial charge in [0, 0.05) is 31.4 Å². The first kappa shape index (κ1) is 20.0. The monoisotopic (exact) mass is 419 g/mol. The smallest absolute Gasteiger partial charge is 0.255 e. The Morgan fingerprint density at radius 3 is 2.39 bits per heavy atom. The lowest BCUT2D eigenvalue weighted by atomic mass is 9.65. The summed E-state index contributed by atoms with van der Waals surface area (Å²) in [6.45, 7) is 1.32. The molecule has 6 nitrogen and oxygen atoms in total. The summed E-state index contributed by atoms with van der Waals surface area (Å²) in [5, 5.41) is 0. The van der Waals surface area contributed by atoms with Crippen molar-refractivity contribution in [2.24, 2.45) is 5.41 Å². The van der Waals surface area contributed by atoms with Crippen LogP contribution in [0.2, 0.25) is 0 Å². The summed E-state index contributed by atoms with van der Waals surface area (Å²) in [7, 11) is 1.56. The van der Waals surface area contributed by atoms with E-state index in [9.17, 15) is 9.59 Å². The van der Waals surface area contributed by atoms with Crippen LogP contribution in [-0.4, -0.2) is 52.8 Å². The molecule has 31 heavy (non-hydrogen) atoms. The standard InChI is InChI=1S/C25H29N3O3/c1-31-21-10-9-19(17-26-21)23(29)27-15-11-20(12-16-27)28-22(18-7-3-2-4-8-18)25(24(28)30)13-5-6-14-25/h2-4,7-10,17,20,22H,5-6,11-16H2,1H3. The van der Waals surface area contributed by atoms with Crippen molar-refractivity contribution in [2.75, 3.05) is 20.2 Å². The number of amides is 2. The molecule has 1 unspecified atom stereocenters. The van der Waals surface area contributed by atoms with E-state index in [2.05, 4.69) is 34.1 Å². The van der Waals surface area contributed by atoms with Gasteiger partial charge in [-0.2, -0.15) is 0 Å². The highest BCUT2D eigenvalue weighted by molar-refractivity contribution is 5.94. The number of carbonyl (C=O) groups excluding carboxylic acids is 2. The molecule has 2 amide bonds. The summed E-state index contributed by atoms with van der Waals surface area (Å²) >= 11 is 0. The van der Waals surface area contributed by atoms with E-state index in [1.165, 1.54) is 5.56 Å². The van der Waals surface area contributed by atoms with Crippen molar-refractivity contribution >= 4 is 11.8 Å². The summed E-state index contributed by atoms with van der Waals surface area (Å²) in [6, 6.07) is 14.4. The van der Waals surface area contributed by atoms with Crippen LogP contribution in [0.5, 0.6) is 5.88 Å². The van der Waals surface area contributed by atoms with Gasteiger partial charge >= 0.3 is 0 Å². The molecule has 2 saturated heterocycles. The summed E-state index contributed by atoms with van der Waals surface area (Å²) in [5.74, 6) is 0.831. The predicted molar refractivity (Wildman–Crippen MR) is 117 cm³/mol. The van der Waals surface area contributed by atoms with Crippen LogP contribution in [0.25, 0.3) is 0 Å². The zero-order valence-electron chi connectivity index (χ0n) is 18.0. The van der Waals surface area contributed by atoms with Crippen LogP contribution in [0, 0.1) is 5.41 Å². The molecule has 162 valence electrons. The van der Waals surface area contributed by atoms with Crippen LogP contribution in [0.3, 0.4) is 0 Å². The average molecular weight is 420 g/mol. The van der Waals surface area contributed by atoms with Crippen molar-refractivity contribution in [3.63, 3.8) is 0 Å². The number of β-lactam (4-membered cyclic amide) rings is 1. The maximum absolute atomic E-state index is 13.4. The summed E-state index contributed by atoms with van der Waals surface area (Å²) in [4.78, 5) is 34.5. The third-order valence-corrected chi connectivity index (χ3v) is 7.41. The highest BCUT2D eigenvalue weighted by atomic mass is 16.5. The zero-order chi connectivity index (χ0) is 21.4. The molecule has 2 aliphatic heterocycles. The topological polar surface area (TPSA) is 62.7 Å². The Balaban J connectivity index is 1.29. The van der Waals surface area contributed by atoms with Gasteiger partial charge in [0.25, 0.3) is 5.91 Å². The summed E-state index contributed by atoms with van der Waals surface area (Å²) < 4.78 is 5.08. The second-order valence-corrected chi connectivity index (χ2v) is 9.00. The number of likely N-dealkylation sites (tertiary alicyclic amines) is 2. The minimum atomic E-state index is -0.191. The predicted octanol–water partition coefficient (Wildman–Crippen LogP) is 3.84. The fourth-order valence-corrected chi connectivity index (χ4v) is 5.83. The van der Waals surface area contributed by atoms with E-state index in [1.807, 2.05) is 11.0 Å². The Morgan fingerprint density at radius 1 is 1.06 bits per heavy atom. The molecule has 2 aromatic rings. The Labute approximate surface area is 183 Å². The number of ether oxygens (including phenoxy) is 1. The van der Waals surface area contributed by atoms with Gasteiger partial charge < -0.3 is 14.5 Å². The Hall–Kier alpha value is -2.89. The van der Waals surface area contributed by atoms with Gasteiger partial charge in [0.1, 0.15) is 0 Å². The number of aromatic nitrogens is 1. The molecule has 3 aliphatic rings. The first-order valence-corrected chi connectivity index (χ1v) is 11.3. The van der Waals surface area contributed by atoms with Crippen molar-refractivity contribution < 1.29 is 14.3 Å². The highest BCUT2D eigenvalue weighted by Crippen LogP contribution is 2.60. The van der Waals surface area contributed by atoms with E-state index in [4.69, 9.17) is 4.74 Å². The van der Waals surface area contributed by atoms with Crippen LogP contribution in [0.4, 0.5) is 0 Å². The number of methoxy groups -OCH3 is 1. The number of hydrogen-bond acceptors (Lipinski definition) is 4. The molecule has 1 aromatic carbocycles. The number of pyridine rings is 1. The lowest BCUT2D eigenvalue weighted by Crippen LogP contribution is -2.66. The van der Waals surface area contributed by atoms with Crippen molar-refractivity contribution in [3.05, 3.63) is 59.8 Å². The molecule has 1 spiro atoms. The Bertz CT molecular complexity index is 946. The van der Waals surface area contributed by atoms with Crippen LogP contribution in [0.1, 0.15) is 60.5 Å². The third-order valence-electron chi connectivity index (χ3n) is 7.41. The number of hydrogen-bond donors (Lipinski definition) is 0. The Morgan fingerprint density at radius 2 is 1.77 bits per heavy atom. The lowest BCUT2D eigenvalue weighted by Gasteiger charge is -2.59. The molecule has 1 atom stereocenters. The summed E-state index contributed by atoms with van der Waals surface area (Å²) in [5.41, 5.74) is 1.64. The van der Waals surface area contributed by atoms with Gasteiger partial charge in [-0.05, 0) is 37.3 Å². The van der Waals surface area contributed by atoms with Crippen LogP contribution < -0.4 is 4.74 Å². The number of benzene rings is 1. The largest absolute Gasteiger partial charge is 0.481 e. The molecular formula is C25H29N3O3. The lowest BCUT2D eigenvalue weighted by molar-refractivity contribution is -0.180. The number of carbonyl (C=O) groups is 2. The molecule has 3 fully saturated rings. The van der Waals surface area contributed by atoms with E-state index >= 15 is 0 Å². The maximum Gasteiger partial charge on any atom is 0.255 e. The number of rotatable bonds is 4. The molecule has 0 N–H and O–H groups in total. The first-order valence-electron chi connectivity index (χ1n) is 11.3. The zero-order valence-corrected chi connectivity index (χ0v) is 18.0. The molecule has 5 rings (SSSR count). The molecular weight excluding hydrogens is 390 g/mol. The van der Waals surface area contributed by atoms with Crippen molar-refractivity contribution in [2.45, 2.75) is 50.6 Å². The second-order valence-electron chi connectivity index (χ2n) is 9.00. The van der Waals surface area contributed by atoms with Gasteiger partial charge in [-0.15, -0.1) is 0 Å². The van der Waals surface area contributed by atoms with Gasteiger partial charge in [-0.25, -0.2) is 4.98 Å². The normalized spacial score (nSPS) is 23.1. The average Bonchev–Trinajstić information content (AvgIpc) is 3.35. The first-order chi connectivity index (χ1) is 15.1. The Kier molecular flexibility index (Phi) is 5.16. The van der Waals surface area contributed by atoms with Gasteiger partial charge in [0.15, 0.2) is 0 Å². The van der Waals surface area contributed by atoms with E-state index in [1.54, 1.807) is 25.4 Å². The highest BCUT2D eigenvalue weighted by Gasteiger charge is 2.63. The fraction of sp³-hybridized carbons (Fsp3) is 0.480. The molecule has 1 aromatic heterocycles. The molecule has 1 saturated carbocycles. The van der Waals surface area contributed by atoms with E-state index in [-0.39, 0.29) is 23.4 Å². The molecule has 3 heterocycles. The number of piperidine rings is 1. The molecule has 6 heteroatoms. The third kappa shape index (κ3) is 3.29. The second kappa shape index (κ2) is 7.98. The van der Waals surface area contributed by atoms with Crippen LogP contribution in [-0.2, 0) is 4.79 Å². The molecule has 0 radical (unpaired) electrons. The minimum Gasteiger partial charge on any atom is -0.481 e. The molecule has 1 aliphatic carbocycles. The van der Waals surface area contributed by atoms with Gasteiger partial charge in [0.2, 0.25) is 11.8 Å². The fourth-order valence-electron chi connectivity index (χ4n) is 5.83. The van der Waals surface area contributed by atoms with E-state index in [0.29, 0.717) is 30.4 Å². The number of nitrogens with zero attached hydrogens (tertiary/aromatic N) is 3. The SMILES string of the molecule is COc1ccc(C(=O)N2CCC(N3C(=O)C4(CCCC4)C3c3ccccc3)CC2)cn1. The van der Waals surface area contributed by atoms with Crippen molar-refractivity contribution in [3.8, 4) is 5.88 Å². The maximum atomic E-state index is 13.4. The van der Waals surface area contributed by atoms with E-state index in [0.717, 1.165) is 38.5 Å². The van der Waals surface area contributed by atoms with Gasteiger partial charge in [-0.1, -0.05) is 43.2 Å². The van der Waals surface area contributed by atoms with E-state index < -0.39 is 0 Å². The molecule has 0 bridgehead atoms. The van der Waals surface area contributed by atoms with Crippen LogP contribution in [0.15, 0.2) is 48.7 Å².